The summed E-state index contributed by atoms with van der Waals surface area (Å²) in [5, 5.41) is 20.7. The van der Waals surface area contributed by atoms with Gasteiger partial charge in [0.2, 0.25) is 0 Å². The maximum Gasteiger partial charge on any atom is 1.00 e. The fourth-order valence-corrected chi connectivity index (χ4v) is 1.39. The molecule has 1 rings (SSSR count). The molecule has 80 valence electrons. The van der Waals surface area contributed by atoms with Gasteiger partial charge in [0.15, 0.2) is 0 Å². The molecule has 1 aromatic rings. The standard InChI is InChI=1S/C6H4N2O6S.Na/c9-7(10)4-1-2-6(15(13)14)5(3-4)8(11)12;/h1-3H,(H,13,14);/q;+1/p-1. The van der Waals surface area contributed by atoms with Gasteiger partial charge in [-0.05, 0) is 17.1 Å². The van der Waals surface area contributed by atoms with E-state index < -0.39 is 37.2 Å². The average molecular weight is 254 g/mol. The summed E-state index contributed by atoms with van der Waals surface area (Å²) in [6, 6.07) is 2.31. The summed E-state index contributed by atoms with van der Waals surface area (Å²) >= 11 is -2.80. The van der Waals surface area contributed by atoms with Crippen LogP contribution in [0.25, 0.3) is 0 Å². The largest absolute Gasteiger partial charge is 1.00 e. The van der Waals surface area contributed by atoms with Crippen LogP contribution in [0.2, 0.25) is 0 Å². The monoisotopic (exact) mass is 254 g/mol. The number of nitro benzene ring substituents is 2. The molecule has 0 saturated heterocycles. The summed E-state index contributed by atoms with van der Waals surface area (Å²) in [6.07, 6.45) is 0. The van der Waals surface area contributed by atoms with Gasteiger partial charge in [0.1, 0.15) is 4.90 Å². The van der Waals surface area contributed by atoms with Crippen molar-refractivity contribution in [3.63, 3.8) is 0 Å². The van der Waals surface area contributed by atoms with E-state index in [1.807, 2.05) is 0 Å². The van der Waals surface area contributed by atoms with Crippen molar-refractivity contribution in [1.29, 1.82) is 0 Å². The molecule has 8 nitrogen and oxygen atoms in total. The smallest absolute Gasteiger partial charge is 0.768 e. The Balaban J connectivity index is 0.00000225. The van der Waals surface area contributed by atoms with Crippen LogP contribution in [0.5, 0.6) is 0 Å². The first-order valence-electron chi connectivity index (χ1n) is 3.45. The number of benzene rings is 1. The van der Waals surface area contributed by atoms with Gasteiger partial charge in [0.25, 0.3) is 11.4 Å². The molecule has 0 amide bonds. The fraction of sp³-hybridized carbons (Fsp3) is 0. The van der Waals surface area contributed by atoms with Crippen molar-refractivity contribution in [3.05, 3.63) is 38.4 Å². The number of rotatable bonds is 3. The molecular weight excluding hydrogens is 251 g/mol. The zero-order chi connectivity index (χ0) is 11.6. The zero-order valence-corrected chi connectivity index (χ0v) is 10.8. The first-order valence-corrected chi connectivity index (χ1v) is 4.53. The Morgan fingerprint density at radius 1 is 1.12 bits per heavy atom. The molecule has 1 aromatic carbocycles. The van der Waals surface area contributed by atoms with Gasteiger partial charge in [0.05, 0.1) is 15.9 Å². The van der Waals surface area contributed by atoms with E-state index in [1.165, 1.54) is 0 Å². The van der Waals surface area contributed by atoms with Crippen LogP contribution < -0.4 is 29.6 Å². The molecule has 0 spiro atoms. The third-order valence-electron chi connectivity index (χ3n) is 1.53. The van der Waals surface area contributed by atoms with Crippen LogP contribution in [0.1, 0.15) is 0 Å². The average Bonchev–Trinajstić information content (AvgIpc) is 2.16. The van der Waals surface area contributed by atoms with E-state index in [0.717, 1.165) is 12.1 Å². The van der Waals surface area contributed by atoms with Crippen molar-refractivity contribution in [2.45, 2.75) is 4.90 Å². The molecule has 0 N–H and O–H groups in total. The van der Waals surface area contributed by atoms with Gasteiger partial charge >= 0.3 is 29.6 Å². The Hall–Kier alpha value is -0.870. The van der Waals surface area contributed by atoms with Gasteiger partial charge in [-0.25, -0.2) is 0 Å². The molecule has 0 aliphatic carbocycles. The quantitative estimate of drug-likeness (QED) is 0.259. The van der Waals surface area contributed by atoms with E-state index in [0.29, 0.717) is 6.07 Å². The fourth-order valence-electron chi connectivity index (χ4n) is 0.903. The van der Waals surface area contributed by atoms with Crippen LogP contribution in [0.3, 0.4) is 0 Å². The van der Waals surface area contributed by atoms with Crippen LogP contribution in [-0.4, -0.2) is 18.6 Å². The minimum absolute atomic E-state index is 0. The summed E-state index contributed by atoms with van der Waals surface area (Å²) in [5.41, 5.74) is -1.34. The third kappa shape index (κ3) is 3.32. The second-order valence-electron chi connectivity index (χ2n) is 2.40. The third-order valence-corrected chi connectivity index (χ3v) is 2.23. The Kier molecular flexibility index (Phi) is 5.68. The van der Waals surface area contributed by atoms with Gasteiger partial charge < -0.3 is 4.55 Å². The van der Waals surface area contributed by atoms with E-state index in [-0.39, 0.29) is 29.6 Å². The molecule has 0 radical (unpaired) electrons. The van der Waals surface area contributed by atoms with E-state index in [9.17, 15) is 29.0 Å². The van der Waals surface area contributed by atoms with Crippen LogP contribution in [-0.2, 0) is 11.1 Å². The zero-order valence-electron chi connectivity index (χ0n) is 7.98. The predicted molar refractivity (Wildman–Crippen MR) is 46.9 cm³/mol. The second-order valence-corrected chi connectivity index (χ2v) is 3.31. The first kappa shape index (κ1) is 15.1. The van der Waals surface area contributed by atoms with Crippen molar-refractivity contribution >= 4 is 22.5 Å². The summed E-state index contributed by atoms with van der Waals surface area (Å²) in [6.45, 7) is 0. The van der Waals surface area contributed by atoms with Gasteiger partial charge in [-0.1, -0.05) is 0 Å². The molecule has 1 atom stereocenters. The van der Waals surface area contributed by atoms with E-state index in [2.05, 4.69) is 0 Å². The molecule has 0 aromatic heterocycles. The molecule has 1 unspecified atom stereocenters. The number of hydrogen-bond acceptors (Lipinski definition) is 6. The summed E-state index contributed by atoms with van der Waals surface area (Å²) in [5.74, 6) is 0. The van der Waals surface area contributed by atoms with E-state index >= 15 is 0 Å². The van der Waals surface area contributed by atoms with E-state index in [1.54, 1.807) is 0 Å². The molecular formula is C6H3N2NaO6S. The molecule has 0 saturated carbocycles. The first-order chi connectivity index (χ1) is 6.93. The summed E-state index contributed by atoms with van der Waals surface area (Å²) in [4.78, 5) is 18.3. The van der Waals surface area contributed by atoms with Crippen molar-refractivity contribution in [2.75, 3.05) is 0 Å². The Bertz CT molecular complexity index is 464. The van der Waals surface area contributed by atoms with Crippen molar-refractivity contribution in [1.82, 2.24) is 0 Å². The minimum Gasteiger partial charge on any atom is -0.768 e. The molecule has 0 aliphatic rings. The summed E-state index contributed by atoms with van der Waals surface area (Å²) in [7, 11) is 0. The maximum atomic E-state index is 10.5. The van der Waals surface area contributed by atoms with Crippen LogP contribution in [0, 0.1) is 20.2 Å². The predicted octanol–water partition coefficient (Wildman–Crippen LogP) is -2.25. The SMILES string of the molecule is O=[N+]([O-])c1ccc(S(=O)[O-])c([N+](=O)[O-])c1.[Na+]. The summed E-state index contributed by atoms with van der Waals surface area (Å²) < 4.78 is 21.1. The van der Waals surface area contributed by atoms with Crippen LogP contribution in [0.15, 0.2) is 23.1 Å². The van der Waals surface area contributed by atoms with Gasteiger partial charge in [-0.15, -0.1) is 0 Å². The second kappa shape index (κ2) is 6.01. The molecule has 0 heterocycles. The molecule has 0 fully saturated rings. The van der Waals surface area contributed by atoms with Gasteiger partial charge in [0, 0.05) is 6.07 Å². The van der Waals surface area contributed by atoms with Crippen LogP contribution >= 0.6 is 0 Å². The maximum absolute atomic E-state index is 10.5. The molecule has 10 heteroatoms. The van der Waals surface area contributed by atoms with Crippen molar-refractivity contribution in [2.24, 2.45) is 0 Å². The molecule has 0 aliphatic heterocycles. The molecule has 0 bridgehead atoms. The number of nitro groups is 2. The van der Waals surface area contributed by atoms with Crippen LogP contribution in [0.4, 0.5) is 11.4 Å². The molecule has 16 heavy (non-hydrogen) atoms. The minimum atomic E-state index is -2.80. The topological polar surface area (TPSA) is 126 Å². The van der Waals surface area contributed by atoms with Gasteiger partial charge in [-0.2, -0.15) is 0 Å². The Labute approximate surface area is 114 Å². The van der Waals surface area contributed by atoms with Crippen molar-refractivity contribution < 1.29 is 48.2 Å². The van der Waals surface area contributed by atoms with Crippen molar-refractivity contribution in [3.8, 4) is 0 Å². The van der Waals surface area contributed by atoms with Gasteiger partial charge in [-0.3, -0.25) is 24.4 Å². The normalized spacial score (nSPS) is 11.3. The van der Waals surface area contributed by atoms with E-state index in [4.69, 9.17) is 0 Å². The number of non-ortho nitro benzene ring substituents is 1. The number of nitrogens with zero attached hydrogens (tertiary/aromatic N) is 2. The Morgan fingerprint density at radius 2 is 1.69 bits per heavy atom. The Morgan fingerprint density at radius 3 is 2.06 bits per heavy atom. The number of hydrogen-bond donors (Lipinski definition) is 0.